The van der Waals surface area contributed by atoms with Crippen molar-refractivity contribution in [1.29, 1.82) is 0 Å². The van der Waals surface area contributed by atoms with E-state index in [0.717, 1.165) is 11.4 Å². The molecule has 0 N–H and O–H groups in total. The summed E-state index contributed by atoms with van der Waals surface area (Å²) in [6.45, 7) is 6.52. The maximum absolute atomic E-state index is 11.6. The molecule has 5 heteroatoms. The number of ether oxygens (including phenoxy) is 1. The molecule has 0 saturated heterocycles. The SMILES string of the molecule is CCOC(=O)c1cn2c(CC(C)C)csc2n1. The number of esters is 1. The van der Waals surface area contributed by atoms with Gasteiger partial charge in [0.25, 0.3) is 0 Å². The number of fused-ring (bicyclic) bond motifs is 1. The second kappa shape index (κ2) is 4.87. The lowest BCUT2D eigenvalue weighted by Gasteiger charge is -2.02. The molecular formula is C12H16N2O2S. The van der Waals surface area contributed by atoms with Gasteiger partial charge in [-0.25, -0.2) is 9.78 Å². The molecule has 2 rings (SSSR count). The van der Waals surface area contributed by atoms with Crippen molar-refractivity contribution in [3.8, 4) is 0 Å². The van der Waals surface area contributed by atoms with Gasteiger partial charge in [-0.05, 0) is 19.3 Å². The van der Waals surface area contributed by atoms with Crippen LogP contribution in [0.15, 0.2) is 11.6 Å². The van der Waals surface area contributed by atoms with Crippen LogP contribution in [-0.2, 0) is 11.2 Å². The van der Waals surface area contributed by atoms with Crippen LogP contribution in [0, 0.1) is 5.92 Å². The standard InChI is InChI=1S/C12H16N2O2S/c1-4-16-11(15)10-6-14-9(5-8(2)3)7-17-12(14)13-10/h6-8H,4-5H2,1-3H3. The molecule has 0 unspecified atom stereocenters. The smallest absolute Gasteiger partial charge is 0.358 e. The largest absolute Gasteiger partial charge is 0.461 e. The van der Waals surface area contributed by atoms with E-state index in [2.05, 4.69) is 24.2 Å². The van der Waals surface area contributed by atoms with Crippen molar-refractivity contribution in [1.82, 2.24) is 9.38 Å². The van der Waals surface area contributed by atoms with Crippen molar-refractivity contribution in [3.05, 3.63) is 23.0 Å². The summed E-state index contributed by atoms with van der Waals surface area (Å²) in [4.78, 5) is 16.7. The zero-order chi connectivity index (χ0) is 12.4. The molecule has 0 atom stereocenters. The topological polar surface area (TPSA) is 43.6 Å². The summed E-state index contributed by atoms with van der Waals surface area (Å²) >= 11 is 1.56. The second-order valence-corrected chi connectivity index (χ2v) is 5.16. The van der Waals surface area contributed by atoms with Crippen molar-refractivity contribution >= 4 is 22.3 Å². The van der Waals surface area contributed by atoms with Crippen LogP contribution in [0.2, 0.25) is 0 Å². The fraction of sp³-hybridized carbons (Fsp3) is 0.500. The molecule has 2 aromatic heterocycles. The van der Waals surface area contributed by atoms with Crippen molar-refractivity contribution in [3.63, 3.8) is 0 Å². The van der Waals surface area contributed by atoms with Crippen LogP contribution in [-0.4, -0.2) is 22.0 Å². The Morgan fingerprint density at radius 3 is 3.00 bits per heavy atom. The Bertz CT molecular complexity index is 528. The van der Waals surface area contributed by atoms with Gasteiger partial charge in [0.2, 0.25) is 0 Å². The van der Waals surface area contributed by atoms with Gasteiger partial charge in [0.15, 0.2) is 10.7 Å². The number of imidazole rings is 1. The Morgan fingerprint density at radius 1 is 1.59 bits per heavy atom. The molecule has 0 amide bonds. The van der Waals surface area contributed by atoms with E-state index in [1.54, 1.807) is 24.5 Å². The summed E-state index contributed by atoms with van der Waals surface area (Å²) in [7, 11) is 0. The molecule has 92 valence electrons. The molecule has 0 aromatic carbocycles. The van der Waals surface area contributed by atoms with E-state index < -0.39 is 0 Å². The first-order chi connectivity index (χ1) is 8.11. The number of rotatable bonds is 4. The monoisotopic (exact) mass is 252 g/mol. The van der Waals surface area contributed by atoms with Gasteiger partial charge in [0.1, 0.15) is 0 Å². The summed E-state index contributed by atoms with van der Waals surface area (Å²) in [5.74, 6) is 0.236. The number of carbonyl (C=O) groups excluding carboxylic acids is 1. The first-order valence-electron chi connectivity index (χ1n) is 5.74. The fourth-order valence-corrected chi connectivity index (χ4v) is 2.58. The minimum Gasteiger partial charge on any atom is -0.461 e. The van der Waals surface area contributed by atoms with Crippen LogP contribution in [0.5, 0.6) is 0 Å². The summed E-state index contributed by atoms with van der Waals surface area (Å²) in [5, 5.41) is 2.09. The highest BCUT2D eigenvalue weighted by Gasteiger charge is 2.14. The average molecular weight is 252 g/mol. The molecular weight excluding hydrogens is 236 g/mol. The fourth-order valence-electron chi connectivity index (χ4n) is 1.70. The van der Waals surface area contributed by atoms with E-state index in [9.17, 15) is 4.79 Å². The lowest BCUT2D eigenvalue weighted by Crippen LogP contribution is -2.04. The molecule has 2 heterocycles. The molecule has 17 heavy (non-hydrogen) atoms. The van der Waals surface area contributed by atoms with Crippen LogP contribution in [0.25, 0.3) is 4.96 Å². The highest BCUT2D eigenvalue weighted by Crippen LogP contribution is 2.19. The molecule has 0 bridgehead atoms. The van der Waals surface area contributed by atoms with Crippen molar-refractivity contribution in [2.24, 2.45) is 5.92 Å². The van der Waals surface area contributed by atoms with Gasteiger partial charge in [-0.3, -0.25) is 4.40 Å². The summed E-state index contributed by atoms with van der Waals surface area (Å²) < 4.78 is 6.92. The van der Waals surface area contributed by atoms with E-state index in [1.807, 2.05) is 4.40 Å². The quantitative estimate of drug-likeness (QED) is 0.786. The van der Waals surface area contributed by atoms with E-state index in [-0.39, 0.29) is 5.97 Å². The van der Waals surface area contributed by atoms with Gasteiger partial charge < -0.3 is 4.74 Å². The Labute approximate surface area is 104 Å². The molecule has 0 saturated carbocycles. The first-order valence-corrected chi connectivity index (χ1v) is 6.62. The Hall–Kier alpha value is -1.36. The highest BCUT2D eigenvalue weighted by atomic mass is 32.1. The van der Waals surface area contributed by atoms with Gasteiger partial charge in [-0.1, -0.05) is 13.8 Å². The number of nitrogens with zero attached hydrogens (tertiary/aromatic N) is 2. The summed E-state index contributed by atoms with van der Waals surface area (Å²) in [6.07, 6.45) is 2.75. The van der Waals surface area contributed by atoms with Gasteiger partial charge in [0, 0.05) is 17.3 Å². The van der Waals surface area contributed by atoms with E-state index in [0.29, 0.717) is 18.2 Å². The van der Waals surface area contributed by atoms with Crippen LogP contribution in [0.1, 0.15) is 37.0 Å². The molecule has 0 aliphatic rings. The third kappa shape index (κ3) is 2.49. The third-order valence-electron chi connectivity index (χ3n) is 2.39. The number of carbonyl (C=O) groups is 1. The average Bonchev–Trinajstić information content (AvgIpc) is 2.80. The predicted molar refractivity (Wildman–Crippen MR) is 67.6 cm³/mol. The minimum absolute atomic E-state index is 0.348. The first kappa shape index (κ1) is 12.1. The predicted octanol–water partition coefficient (Wildman–Crippen LogP) is 2.77. The normalized spacial score (nSPS) is 11.3. The maximum Gasteiger partial charge on any atom is 0.358 e. The van der Waals surface area contributed by atoms with Crippen LogP contribution in [0.3, 0.4) is 0 Å². The van der Waals surface area contributed by atoms with Crippen LogP contribution < -0.4 is 0 Å². The lowest BCUT2D eigenvalue weighted by molar-refractivity contribution is 0.0520. The van der Waals surface area contributed by atoms with Gasteiger partial charge in [-0.2, -0.15) is 0 Å². The molecule has 0 aliphatic carbocycles. The molecule has 0 aliphatic heterocycles. The lowest BCUT2D eigenvalue weighted by atomic mass is 10.1. The summed E-state index contributed by atoms with van der Waals surface area (Å²) in [6, 6.07) is 0. The van der Waals surface area contributed by atoms with Gasteiger partial charge >= 0.3 is 5.97 Å². The minimum atomic E-state index is -0.348. The van der Waals surface area contributed by atoms with E-state index >= 15 is 0 Å². The Morgan fingerprint density at radius 2 is 2.35 bits per heavy atom. The molecule has 2 aromatic rings. The third-order valence-corrected chi connectivity index (χ3v) is 3.27. The second-order valence-electron chi connectivity index (χ2n) is 4.32. The van der Waals surface area contributed by atoms with Crippen LogP contribution >= 0.6 is 11.3 Å². The van der Waals surface area contributed by atoms with E-state index in [4.69, 9.17) is 4.74 Å². The van der Waals surface area contributed by atoms with Crippen LogP contribution in [0.4, 0.5) is 0 Å². The van der Waals surface area contributed by atoms with Crippen molar-refractivity contribution in [2.75, 3.05) is 6.61 Å². The number of thiazole rings is 1. The molecule has 0 radical (unpaired) electrons. The number of hydrogen-bond acceptors (Lipinski definition) is 4. The summed E-state index contributed by atoms with van der Waals surface area (Å²) in [5.41, 5.74) is 1.59. The molecule has 0 fully saturated rings. The number of aromatic nitrogens is 2. The van der Waals surface area contributed by atoms with E-state index in [1.165, 1.54) is 5.69 Å². The Kier molecular flexibility index (Phi) is 3.47. The van der Waals surface area contributed by atoms with Crippen molar-refractivity contribution < 1.29 is 9.53 Å². The van der Waals surface area contributed by atoms with Gasteiger partial charge in [-0.15, -0.1) is 11.3 Å². The highest BCUT2D eigenvalue weighted by molar-refractivity contribution is 7.15. The Balaban J connectivity index is 2.31. The van der Waals surface area contributed by atoms with Crippen molar-refractivity contribution in [2.45, 2.75) is 27.2 Å². The zero-order valence-electron chi connectivity index (χ0n) is 10.3. The zero-order valence-corrected chi connectivity index (χ0v) is 11.1. The molecule has 0 spiro atoms. The number of hydrogen-bond donors (Lipinski definition) is 0. The maximum atomic E-state index is 11.6. The molecule has 4 nitrogen and oxygen atoms in total. The van der Waals surface area contributed by atoms with Gasteiger partial charge in [0.05, 0.1) is 6.61 Å².